The molecule has 2 atom stereocenters. The van der Waals surface area contributed by atoms with Crippen molar-refractivity contribution in [2.24, 2.45) is 11.3 Å². The van der Waals surface area contributed by atoms with Gasteiger partial charge >= 0.3 is 0 Å². The normalized spacial score (nSPS) is 33.0. The highest BCUT2D eigenvalue weighted by atomic mass is 16.5. The summed E-state index contributed by atoms with van der Waals surface area (Å²) in [4.78, 5) is 0. The fraction of sp³-hybridized carbons (Fsp3) is 1.00. The van der Waals surface area contributed by atoms with Crippen LogP contribution in [-0.2, 0) is 4.74 Å². The third-order valence-electron chi connectivity index (χ3n) is 4.55. The van der Waals surface area contributed by atoms with Gasteiger partial charge in [0.05, 0.1) is 6.10 Å². The molecule has 2 unspecified atom stereocenters. The van der Waals surface area contributed by atoms with E-state index in [9.17, 15) is 0 Å². The third kappa shape index (κ3) is 2.14. The predicted octanol–water partition coefficient (Wildman–Crippen LogP) is 2.97. The fourth-order valence-electron chi connectivity index (χ4n) is 3.58. The molecular weight excluding hydrogens is 198 g/mol. The molecular formula is C14H27NO. The first kappa shape index (κ1) is 12.4. The van der Waals surface area contributed by atoms with Crippen LogP contribution in [0, 0.1) is 11.3 Å². The Hall–Kier alpha value is -0.0800. The molecule has 16 heavy (non-hydrogen) atoms. The minimum absolute atomic E-state index is 0.488. The van der Waals surface area contributed by atoms with Gasteiger partial charge in [0.2, 0.25) is 0 Å². The zero-order valence-electron chi connectivity index (χ0n) is 11.1. The highest BCUT2D eigenvalue weighted by Crippen LogP contribution is 2.53. The van der Waals surface area contributed by atoms with Crippen molar-refractivity contribution in [2.45, 2.75) is 64.5 Å². The van der Waals surface area contributed by atoms with E-state index in [-0.39, 0.29) is 0 Å². The van der Waals surface area contributed by atoms with Crippen LogP contribution in [0.4, 0.5) is 0 Å². The quantitative estimate of drug-likeness (QED) is 0.794. The Balaban J connectivity index is 1.93. The zero-order chi connectivity index (χ0) is 11.6. The highest BCUT2D eigenvalue weighted by Gasteiger charge is 2.54. The Bertz CT molecular complexity index is 221. The molecule has 2 aliphatic rings. The van der Waals surface area contributed by atoms with Gasteiger partial charge in [-0.2, -0.15) is 0 Å². The van der Waals surface area contributed by atoms with Crippen molar-refractivity contribution in [1.29, 1.82) is 0 Å². The molecule has 0 bridgehead atoms. The highest BCUT2D eigenvalue weighted by molar-refractivity contribution is 5.08. The lowest BCUT2D eigenvalue weighted by Gasteiger charge is -2.57. The minimum atomic E-state index is 0.488. The summed E-state index contributed by atoms with van der Waals surface area (Å²) in [5.74, 6) is 0.661. The molecule has 0 heterocycles. The van der Waals surface area contributed by atoms with E-state index in [1.165, 1.54) is 38.5 Å². The summed E-state index contributed by atoms with van der Waals surface area (Å²) in [6.45, 7) is 5.41. The molecule has 0 aliphatic heterocycles. The van der Waals surface area contributed by atoms with E-state index in [0.29, 0.717) is 23.5 Å². The van der Waals surface area contributed by atoms with Crippen LogP contribution in [0.25, 0.3) is 0 Å². The zero-order valence-corrected chi connectivity index (χ0v) is 11.1. The molecule has 1 spiro atoms. The molecule has 2 fully saturated rings. The Kier molecular flexibility index (Phi) is 3.91. The second kappa shape index (κ2) is 5.05. The lowest BCUT2D eigenvalue weighted by Crippen LogP contribution is -2.63. The molecule has 0 saturated heterocycles. The number of ether oxygens (including phenoxy) is 1. The fourth-order valence-corrected chi connectivity index (χ4v) is 3.58. The van der Waals surface area contributed by atoms with Gasteiger partial charge in [0.15, 0.2) is 0 Å². The maximum absolute atomic E-state index is 6.12. The number of hydrogen-bond acceptors (Lipinski definition) is 2. The Morgan fingerprint density at radius 3 is 2.50 bits per heavy atom. The lowest BCUT2D eigenvalue weighted by atomic mass is 9.55. The average Bonchev–Trinajstić information content (AvgIpc) is 2.28. The van der Waals surface area contributed by atoms with Crippen molar-refractivity contribution in [3.63, 3.8) is 0 Å². The summed E-state index contributed by atoms with van der Waals surface area (Å²) in [6.07, 6.45) is 8.74. The Labute approximate surface area is 100 Å². The second-order valence-corrected chi connectivity index (χ2v) is 6.09. The molecule has 0 amide bonds. The number of rotatable bonds is 4. The van der Waals surface area contributed by atoms with Crippen molar-refractivity contribution >= 4 is 0 Å². The Morgan fingerprint density at radius 1 is 1.25 bits per heavy atom. The van der Waals surface area contributed by atoms with Gasteiger partial charge in [-0.25, -0.2) is 0 Å². The standard InChI is InChI=1S/C14H27NO/c1-11(2)10-16-13-9-12(15-3)14(13)7-5-4-6-8-14/h11-13,15H,4-10H2,1-3H3. The molecule has 0 aromatic heterocycles. The molecule has 2 heteroatoms. The first-order valence-electron chi connectivity index (χ1n) is 6.98. The van der Waals surface area contributed by atoms with Crippen LogP contribution in [0.2, 0.25) is 0 Å². The van der Waals surface area contributed by atoms with Crippen molar-refractivity contribution < 1.29 is 4.74 Å². The van der Waals surface area contributed by atoms with Crippen molar-refractivity contribution in [3.05, 3.63) is 0 Å². The average molecular weight is 225 g/mol. The van der Waals surface area contributed by atoms with Crippen LogP contribution < -0.4 is 5.32 Å². The van der Waals surface area contributed by atoms with Crippen LogP contribution in [0.1, 0.15) is 52.4 Å². The van der Waals surface area contributed by atoms with E-state index in [1.54, 1.807) is 0 Å². The SMILES string of the molecule is CNC1CC(OCC(C)C)C12CCCCC2. The van der Waals surface area contributed by atoms with Gasteiger partial charge in [0.1, 0.15) is 0 Å². The van der Waals surface area contributed by atoms with Crippen LogP contribution in [-0.4, -0.2) is 25.8 Å². The second-order valence-electron chi connectivity index (χ2n) is 6.09. The first-order valence-corrected chi connectivity index (χ1v) is 6.98. The van der Waals surface area contributed by atoms with E-state index >= 15 is 0 Å². The van der Waals surface area contributed by atoms with Crippen molar-refractivity contribution in [3.8, 4) is 0 Å². The number of hydrogen-bond donors (Lipinski definition) is 1. The van der Waals surface area contributed by atoms with E-state index in [1.807, 2.05) is 0 Å². The summed E-state index contributed by atoms with van der Waals surface area (Å²) in [5, 5.41) is 3.50. The topological polar surface area (TPSA) is 21.3 Å². The molecule has 94 valence electrons. The number of nitrogens with one attached hydrogen (secondary N) is 1. The van der Waals surface area contributed by atoms with Crippen molar-refractivity contribution in [1.82, 2.24) is 5.32 Å². The summed E-state index contributed by atoms with van der Waals surface area (Å²) in [5.41, 5.74) is 0.488. The monoisotopic (exact) mass is 225 g/mol. The van der Waals surface area contributed by atoms with E-state index in [2.05, 4.69) is 26.2 Å². The van der Waals surface area contributed by atoms with Crippen molar-refractivity contribution in [2.75, 3.05) is 13.7 Å². The van der Waals surface area contributed by atoms with Crippen LogP contribution in [0.5, 0.6) is 0 Å². The van der Waals surface area contributed by atoms with Gasteiger partial charge in [-0.1, -0.05) is 33.1 Å². The Morgan fingerprint density at radius 2 is 1.94 bits per heavy atom. The summed E-state index contributed by atoms with van der Waals surface area (Å²) < 4.78 is 6.12. The smallest absolute Gasteiger partial charge is 0.0661 e. The van der Waals surface area contributed by atoms with E-state index in [4.69, 9.17) is 4.74 Å². The predicted molar refractivity (Wildman–Crippen MR) is 67.6 cm³/mol. The van der Waals surface area contributed by atoms with Gasteiger partial charge in [0.25, 0.3) is 0 Å². The minimum Gasteiger partial charge on any atom is -0.377 e. The summed E-state index contributed by atoms with van der Waals surface area (Å²) in [7, 11) is 2.11. The largest absolute Gasteiger partial charge is 0.377 e. The maximum atomic E-state index is 6.12. The molecule has 2 aliphatic carbocycles. The molecule has 0 aromatic carbocycles. The molecule has 2 saturated carbocycles. The van der Waals surface area contributed by atoms with E-state index < -0.39 is 0 Å². The summed E-state index contributed by atoms with van der Waals surface area (Å²) in [6, 6.07) is 0.713. The van der Waals surface area contributed by atoms with Crippen LogP contribution >= 0.6 is 0 Å². The van der Waals surface area contributed by atoms with Gasteiger partial charge in [-0.3, -0.25) is 0 Å². The molecule has 2 nitrogen and oxygen atoms in total. The van der Waals surface area contributed by atoms with Gasteiger partial charge in [-0.05, 0) is 32.2 Å². The molecule has 2 rings (SSSR count). The summed E-state index contributed by atoms with van der Waals surface area (Å²) >= 11 is 0. The first-order chi connectivity index (χ1) is 7.69. The van der Waals surface area contributed by atoms with Gasteiger partial charge in [0, 0.05) is 18.1 Å². The van der Waals surface area contributed by atoms with Crippen LogP contribution in [0.15, 0.2) is 0 Å². The van der Waals surface area contributed by atoms with E-state index in [0.717, 1.165) is 6.61 Å². The molecule has 0 radical (unpaired) electrons. The van der Waals surface area contributed by atoms with Gasteiger partial charge in [-0.15, -0.1) is 0 Å². The molecule has 1 N–H and O–H groups in total. The third-order valence-corrected chi connectivity index (χ3v) is 4.55. The maximum Gasteiger partial charge on any atom is 0.0661 e. The molecule has 0 aromatic rings. The lowest BCUT2D eigenvalue weighted by molar-refractivity contribution is -0.155. The van der Waals surface area contributed by atoms with Crippen LogP contribution in [0.3, 0.4) is 0 Å². The van der Waals surface area contributed by atoms with Gasteiger partial charge < -0.3 is 10.1 Å².